The molecule has 4 nitrogen and oxygen atoms in total. The molecule has 0 saturated heterocycles. The maximum atomic E-state index is 11.2. The first-order valence-corrected chi connectivity index (χ1v) is 6.79. The SMILES string of the molecule is O=c1cc(-n2ncc3cc(C4CC4)ccc32)s[nH]1. The average molecular weight is 257 g/mol. The molecule has 0 bridgehead atoms. The predicted octanol–water partition coefficient (Wildman–Crippen LogP) is 2.65. The molecular formula is C13H11N3OS. The maximum Gasteiger partial charge on any atom is 0.260 e. The fourth-order valence-corrected chi connectivity index (χ4v) is 2.94. The van der Waals surface area contributed by atoms with Crippen LogP contribution >= 0.6 is 11.5 Å². The van der Waals surface area contributed by atoms with E-state index in [1.165, 1.54) is 29.9 Å². The van der Waals surface area contributed by atoms with E-state index in [-0.39, 0.29) is 5.56 Å². The quantitative estimate of drug-likeness (QED) is 0.767. The zero-order valence-electron chi connectivity index (χ0n) is 9.59. The summed E-state index contributed by atoms with van der Waals surface area (Å²) in [6, 6.07) is 8.06. The van der Waals surface area contributed by atoms with Crippen molar-refractivity contribution in [3.8, 4) is 5.00 Å². The fraction of sp³-hybridized carbons (Fsp3) is 0.231. The summed E-state index contributed by atoms with van der Waals surface area (Å²) in [6.07, 6.45) is 4.48. The third kappa shape index (κ3) is 1.51. The average Bonchev–Trinajstić information content (AvgIpc) is 3.01. The van der Waals surface area contributed by atoms with E-state index < -0.39 is 0 Å². The maximum absolute atomic E-state index is 11.2. The topological polar surface area (TPSA) is 50.7 Å². The number of hydrogen-bond donors (Lipinski definition) is 1. The van der Waals surface area contributed by atoms with Crippen LogP contribution < -0.4 is 5.56 Å². The smallest absolute Gasteiger partial charge is 0.260 e. The number of benzene rings is 1. The molecule has 2 aromatic heterocycles. The summed E-state index contributed by atoms with van der Waals surface area (Å²) < 4.78 is 4.50. The highest BCUT2D eigenvalue weighted by molar-refractivity contribution is 7.08. The van der Waals surface area contributed by atoms with Crippen molar-refractivity contribution in [2.24, 2.45) is 0 Å². The highest BCUT2D eigenvalue weighted by Crippen LogP contribution is 2.40. The van der Waals surface area contributed by atoms with Crippen molar-refractivity contribution < 1.29 is 0 Å². The van der Waals surface area contributed by atoms with E-state index in [2.05, 4.69) is 27.7 Å². The second kappa shape index (κ2) is 3.55. The Bertz CT molecular complexity index is 779. The Kier molecular flexibility index (Phi) is 1.99. The van der Waals surface area contributed by atoms with Gasteiger partial charge in [-0.1, -0.05) is 6.07 Å². The second-order valence-corrected chi connectivity index (χ2v) is 5.53. The van der Waals surface area contributed by atoms with Gasteiger partial charge >= 0.3 is 0 Å². The van der Waals surface area contributed by atoms with Gasteiger partial charge in [0.05, 0.1) is 11.7 Å². The fourth-order valence-electron chi connectivity index (χ4n) is 2.28. The molecule has 0 unspecified atom stereocenters. The van der Waals surface area contributed by atoms with Gasteiger partial charge < -0.3 is 0 Å². The van der Waals surface area contributed by atoms with Crippen LogP contribution in [0.5, 0.6) is 0 Å². The minimum Gasteiger partial charge on any atom is -0.276 e. The predicted molar refractivity (Wildman–Crippen MR) is 71.5 cm³/mol. The molecular weight excluding hydrogens is 246 g/mol. The van der Waals surface area contributed by atoms with Crippen LogP contribution in [0, 0.1) is 0 Å². The normalized spacial score (nSPS) is 15.3. The third-order valence-corrected chi connectivity index (χ3v) is 4.16. The van der Waals surface area contributed by atoms with Crippen LogP contribution in [-0.4, -0.2) is 14.2 Å². The van der Waals surface area contributed by atoms with Crippen LogP contribution in [0.2, 0.25) is 0 Å². The van der Waals surface area contributed by atoms with Gasteiger partial charge in [-0.25, -0.2) is 4.68 Å². The lowest BCUT2D eigenvalue weighted by Gasteiger charge is -2.00. The van der Waals surface area contributed by atoms with E-state index in [1.807, 2.05) is 10.9 Å². The summed E-state index contributed by atoms with van der Waals surface area (Å²) in [5, 5.41) is 6.33. The summed E-state index contributed by atoms with van der Waals surface area (Å²) in [5.74, 6) is 0.751. The van der Waals surface area contributed by atoms with Gasteiger partial charge in [-0.05, 0) is 48.0 Å². The van der Waals surface area contributed by atoms with E-state index in [0.717, 1.165) is 21.8 Å². The van der Waals surface area contributed by atoms with Crippen molar-refractivity contribution in [3.63, 3.8) is 0 Å². The van der Waals surface area contributed by atoms with Gasteiger partial charge in [0.2, 0.25) is 0 Å². The highest BCUT2D eigenvalue weighted by atomic mass is 32.1. The largest absolute Gasteiger partial charge is 0.276 e. The van der Waals surface area contributed by atoms with E-state index in [9.17, 15) is 4.79 Å². The minimum absolute atomic E-state index is 0.0757. The molecule has 2 heterocycles. The Morgan fingerprint density at radius 3 is 2.94 bits per heavy atom. The third-order valence-electron chi connectivity index (χ3n) is 3.36. The molecule has 4 rings (SSSR count). The molecule has 18 heavy (non-hydrogen) atoms. The van der Waals surface area contributed by atoms with E-state index >= 15 is 0 Å². The minimum atomic E-state index is -0.0757. The molecule has 1 fully saturated rings. The summed E-state index contributed by atoms with van der Waals surface area (Å²) >= 11 is 1.31. The monoisotopic (exact) mass is 257 g/mol. The summed E-state index contributed by atoms with van der Waals surface area (Å²) in [4.78, 5) is 11.2. The molecule has 0 aliphatic heterocycles. The van der Waals surface area contributed by atoms with Crippen molar-refractivity contribution in [1.29, 1.82) is 0 Å². The molecule has 1 N–H and O–H groups in total. The Labute approximate surface area is 107 Å². The Hall–Kier alpha value is -1.88. The van der Waals surface area contributed by atoms with E-state index in [1.54, 1.807) is 6.07 Å². The molecule has 0 atom stereocenters. The number of nitrogens with zero attached hydrogens (tertiary/aromatic N) is 2. The van der Waals surface area contributed by atoms with Crippen LogP contribution in [0.4, 0.5) is 0 Å². The van der Waals surface area contributed by atoms with Crippen LogP contribution in [0.3, 0.4) is 0 Å². The van der Waals surface area contributed by atoms with E-state index in [0.29, 0.717) is 0 Å². The summed E-state index contributed by atoms with van der Waals surface area (Å²) in [7, 11) is 0. The Morgan fingerprint density at radius 1 is 1.33 bits per heavy atom. The number of H-pyrrole nitrogens is 1. The molecule has 1 aliphatic carbocycles. The van der Waals surface area contributed by atoms with Crippen LogP contribution in [0.1, 0.15) is 24.3 Å². The number of aromatic nitrogens is 3. The summed E-state index contributed by atoms with van der Waals surface area (Å²) in [6.45, 7) is 0. The molecule has 1 aliphatic rings. The number of rotatable bonds is 2. The van der Waals surface area contributed by atoms with Crippen molar-refractivity contribution in [1.82, 2.24) is 14.2 Å². The zero-order valence-corrected chi connectivity index (χ0v) is 10.4. The number of aromatic amines is 1. The molecule has 0 spiro atoms. The van der Waals surface area contributed by atoms with Gasteiger partial charge in [0.15, 0.2) is 0 Å². The zero-order chi connectivity index (χ0) is 12.1. The standard InChI is InChI=1S/C13H11N3OS/c17-12-6-13(18-15-12)16-11-4-3-9(8-1-2-8)5-10(11)7-14-16/h3-8H,1-2H2,(H,15,17). The van der Waals surface area contributed by atoms with Gasteiger partial charge in [0.25, 0.3) is 5.56 Å². The van der Waals surface area contributed by atoms with Gasteiger partial charge in [-0.2, -0.15) is 5.10 Å². The van der Waals surface area contributed by atoms with Crippen molar-refractivity contribution >= 4 is 22.4 Å². The lowest BCUT2D eigenvalue weighted by atomic mass is 10.1. The number of hydrogen-bond acceptors (Lipinski definition) is 3. The molecule has 5 heteroatoms. The van der Waals surface area contributed by atoms with Crippen molar-refractivity contribution in [2.45, 2.75) is 18.8 Å². The highest BCUT2D eigenvalue weighted by Gasteiger charge is 2.23. The lowest BCUT2D eigenvalue weighted by Crippen LogP contribution is -1.96. The molecule has 1 aromatic carbocycles. The van der Waals surface area contributed by atoms with Gasteiger partial charge in [0, 0.05) is 11.5 Å². The van der Waals surface area contributed by atoms with Gasteiger partial charge in [0.1, 0.15) is 5.00 Å². The first-order valence-electron chi connectivity index (χ1n) is 5.98. The van der Waals surface area contributed by atoms with Crippen LogP contribution in [0.25, 0.3) is 15.9 Å². The Morgan fingerprint density at radius 2 is 2.22 bits per heavy atom. The van der Waals surface area contributed by atoms with Crippen molar-refractivity contribution in [2.75, 3.05) is 0 Å². The van der Waals surface area contributed by atoms with E-state index in [4.69, 9.17) is 0 Å². The molecule has 1 saturated carbocycles. The van der Waals surface area contributed by atoms with Gasteiger partial charge in [-0.3, -0.25) is 9.17 Å². The Balaban J connectivity index is 1.89. The number of fused-ring (bicyclic) bond motifs is 1. The van der Waals surface area contributed by atoms with Crippen LogP contribution in [0.15, 0.2) is 35.3 Å². The molecule has 0 radical (unpaired) electrons. The second-order valence-electron chi connectivity index (χ2n) is 4.70. The molecule has 0 amide bonds. The first kappa shape index (κ1) is 10.1. The van der Waals surface area contributed by atoms with Gasteiger partial charge in [-0.15, -0.1) is 0 Å². The number of nitrogens with one attached hydrogen (secondary N) is 1. The lowest BCUT2D eigenvalue weighted by molar-refractivity contribution is 0.928. The van der Waals surface area contributed by atoms with Crippen LogP contribution in [-0.2, 0) is 0 Å². The van der Waals surface area contributed by atoms with Crippen molar-refractivity contribution in [3.05, 3.63) is 46.4 Å². The first-order chi connectivity index (χ1) is 8.81. The molecule has 3 aromatic rings. The molecule has 90 valence electrons. The summed E-state index contributed by atoms with van der Waals surface area (Å²) in [5.41, 5.74) is 2.38.